The number of rotatable bonds is 3. The molecule has 0 radical (unpaired) electrons. The fourth-order valence-corrected chi connectivity index (χ4v) is 4.89. The Bertz CT molecular complexity index is 738. The quantitative estimate of drug-likeness (QED) is 0.764. The highest BCUT2D eigenvalue weighted by Gasteiger charge is 2.30. The van der Waals surface area contributed by atoms with Crippen molar-refractivity contribution >= 4 is 28.8 Å². The average molecular weight is 380 g/mol. The second-order valence-corrected chi connectivity index (χ2v) is 8.72. The number of amides is 1. The summed E-state index contributed by atoms with van der Waals surface area (Å²) in [6, 6.07) is 3.57. The van der Waals surface area contributed by atoms with Gasteiger partial charge in [0.25, 0.3) is 5.91 Å². The molecule has 1 unspecified atom stereocenters. The third-order valence-corrected chi connectivity index (χ3v) is 6.47. The van der Waals surface area contributed by atoms with Gasteiger partial charge in [-0.1, -0.05) is 30.9 Å². The molecule has 2 fully saturated rings. The van der Waals surface area contributed by atoms with Gasteiger partial charge in [-0.3, -0.25) is 4.79 Å². The normalized spacial score (nSPS) is 22.3. The van der Waals surface area contributed by atoms with Crippen LogP contribution in [-0.2, 0) is 0 Å². The first kappa shape index (κ1) is 17.0. The van der Waals surface area contributed by atoms with E-state index in [1.165, 1.54) is 30.6 Å². The maximum absolute atomic E-state index is 12.7. The summed E-state index contributed by atoms with van der Waals surface area (Å²) >= 11 is 7.29. The Labute approximate surface area is 156 Å². The van der Waals surface area contributed by atoms with E-state index >= 15 is 0 Å². The Hall–Kier alpha value is -1.40. The summed E-state index contributed by atoms with van der Waals surface area (Å²) in [5.41, 5.74) is 0. The van der Waals surface area contributed by atoms with Crippen LogP contribution in [-0.4, -0.2) is 34.1 Å². The van der Waals surface area contributed by atoms with Crippen molar-refractivity contribution in [3.05, 3.63) is 33.1 Å². The van der Waals surface area contributed by atoms with Crippen LogP contribution in [0.2, 0.25) is 4.34 Å². The van der Waals surface area contributed by atoms with Crippen LogP contribution in [0.5, 0.6) is 0 Å². The van der Waals surface area contributed by atoms with Gasteiger partial charge in [-0.15, -0.1) is 21.5 Å². The van der Waals surface area contributed by atoms with E-state index in [1.54, 1.807) is 12.1 Å². The van der Waals surface area contributed by atoms with E-state index in [9.17, 15) is 4.79 Å². The highest BCUT2D eigenvalue weighted by molar-refractivity contribution is 7.17. The zero-order chi connectivity index (χ0) is 17.2. The monoisotopic (exact) mass is 379 g/mol. The lowest BCUT2D eigenvalue weighted by Crippen LogP contribution is -2.38. The van der Waals surface area contributed by atoms with Gasteiger partial charge in [0.1, 0.15) is 0 Å². The van der Waals surface area contributed by atoms with Crippen molar-refractivity contribution in [1.29, 1.82) is 0 Å². The van der Waals surface area contributed by atoms with Crippen molar-refractivity contribution < 1.29 is 9.21 Å². The molecule has 0 spiro atoms. The third-order valence-electron chi connectivity index (χ3n) is 5.25. The molecule has 1 saturated heterocycles. The summed E-state index contributed by atoms with van der Waals surface area (Å²) in [6.45, 7) is 1.41. The van der Waals surface area contributed by atoms with Crippen molar-refractivity contribution in [1.82, 2.24) is 15.1 Å². The molecule has 1 saturated carbocycles. The second kappa shape index (κ2) is 7.46. The second-order valence-electron chi connectivity index (χ2n) is 7.01. The van der Waals surface area contributed by atoms with Gasteiger partial charge in [-0.05, 0) is 37.8 Å². The van der Waals surface area contributed by atoms with E-state index in [0.717, 1.165) is 38.1 Å². The molecule has 1 amide bonds. The van der Waals surface area contributed by atoms with E-state index in [-0.39, 0.29) is 11.8 Å². The third kappa shape index (κ3) is 3.75. The summed E-state index contributed by atoms with van der Waals surface area (Å²) in [7, 11) is 0. The molecule has 7 heteroatoms. The van der Waals surface area contributed by atoms with Crippen molar-refractivity contribution in [2.75, 3.05) is 13.1 Å². The minimum absolute atomic E-state index is 0.0496. The van der Waals surface area contributed by atoms with Gasteiger partial charge in [0.2, 0.25) is 11.8 Å². The molecule has 2 aliphatic rings. The molecule has 1 aliphatic carbocycles. The van der Waals surface area contributed by atoms with Crippen LogP contribution >= 0.6 is 22.9 Å². The number of thiophene rings is 1. The molecule has 1 aliphatic heterocycles. The zero-order valence-electron chi connectivity index (χ0n) is 14.1. The first-order chi connectivity index (χ1) is 12.2. The molecule has 1 atom stereocenters. The van der Waals surface area contributed by atoms with Crippen molar-refractivity contribution in [3.8, 4) is 0 Å². The van der Waals surface area contributed by atoms with Gasteiger partial charge in [0, 0.05) is 19.0 Å². The Morgan fingerprint density at radius 3 is 2.52 bits per heavy atom. The van der Waals surface area contributed by atoms with Crippen molar-refractivity contribution in [2.45, 2.75) is 56.8 Å². The minimum atomic E-state index is 0.0496. The van der Waals surface area contributed by atoms with Crippen LogP contribution in [0.3, 0.4) is 0 Å². The summed E-state index contributed by atoms with van der Waals surface area (Å²) in [6.07, 6.45) is 8.04. The highest BCUT2D eigenvalue weighted by atomic mass is 35.5. The van der Waals surface area contributed by atoms with Gasteiger partial charge < -0.3 is 9.32 Å². The number of piperidine rings is 1. The maximum Gasteiger partial charge on any atom is 0.263 e. The summed E-state index contributed by atoms with van der Waals surface area (Å²) in [5.74, 6) is 2.10. The Kier molecular flexibility index (Phi) is 5.08. The van der Waals surface area contributed by atoms with Crippen LogP contribution in [0.4, 0.5) is 0 Å². The van der Waals surface area contributed by atoms with Crippen molar-refractivity contribution in [2.24, 2.45) is 0 Å². The summed E-state index contributed by atoms with van der Waals surface area (Å²) in [5, 5.41) is 8.62. The minimum Gasteiger partial charge on any atom is -0.425 e. The van der Waals surface area contributed by atoms with E-state index < -0.39 is 0 Å². The molecular weight excluding hydrogens is 358 g/mol. The largest absolute Gasteiger partial charge is 0.425 e. The first-order valence-electron chi connectivity index (χ1n) is 9.08. The molecule has 0 bridgehead atoms. The number of nitrogens with zero attached hydrogens (tertiary/aromatic N) is 3. The maximum atomic E-state index is 12.7. The standard InChI is InChI=1S/C18H22ClN3O2S/c19-15-9-8-14(25-15)18(23)22-10-4-7-13(11-22)17-21-20-16(24-17)12-5-2-1-3-6-12/h8-9,12-13H,1-7,10-11H2. The number of carbonyl (C=O) groups excluding carboxylic acids is 1. The fourth-order valence-electron chi connectivity index (χ4n) is 3.87. The Morgan fingerprint density at radius 1 is 1.08 bits per heavy atom. The van der Waals surface area contributed by atoms with Gasteiger partial charge in [-0.2, -0.15) is 0 Å². The van der Waals surface area contributed by atoms with Gasteiger partial charge >= 0.3 is 0 Å². The van der Waals surface area contributed by atoms with E-state index in [0.29, 0.717) is 27.6 Å². The predicted molar refractivity (Wildman–Crippen MR) is 97.3 cm³/mol. The van der Waals surface area contributed by atoms with Gasteiger partial charge in [-0.25, -0.2) is 0 Å². The average Bonchev–Trinajstić information content (AvgIpc) is 3.31. The highest BCUT2D eigenvalue weighted by Crippen LogP contribution is 2.34. The topological polar surface area (TPSA) is 59.2 Å². The molecule has 3 heterocycles. The van der Waals surface area contributed by atoms with Gasteiger partial charge in [0.15, 0.2) is 0 Å². The Morgan fingerprint density at radius 2 is 1.80 bits per heavy atom. The van der Waals surface area contributed by atoms with Crippen LogP contribution in [0.15, 0.2) is 16.5 Å². The fraction of sp³-hybridized carbons (Fsp3) is 0.611. The number of halogens is 1. The van der Waals surface area contributed by atoms with E-state index in [2.05, 4.69) is 10.2 Å². The number of carbonyl (C=O) groups is 1. The summed E-state index contributed by atoms with van der Waals surface area (Å²) in [4.78, 5) is 15.2. The molecule has 134 valence electrons. The number of hydrogen-bond acceptors (Lipinski definition) is 5. The SMILES string of the molecule is O=C(c1ccc(Cl)s1)N1CCCC(c2nnc(C3CCCCC3)o2)C1. The lowest BCUT2D eigenvalue weighted by molar-refractivity contribution is 0.0702. The first-order valence-corrected chi connectivity index (χ1v) is 10.3. The van der Waals surface area contributed by atoms with Crippen LogP contribution in [0.1, 0.15) is 78.2 Å². The van der Waals surface area contributed by atoms with Gasteiger partial charge in [0.05, 0.1) is 15.1 Å². The predicted octanol–water partition coefficient (Wildman–Crippen LogP) is 4.85. The molecule has 2 aromatic heterocycles. The van der Waals surface area contributed by atoms with Crippen molar-refractivity contribution in [3.63, 3.8) is 0 Å². The Balaban J connectivity index is 1.44. The molecule has 4 rings (SSSR count). The lowest BCUT2D eigenvalue weighted by Gasteiger charge is -2.30. The summed E-state index contributed by atoms with van der Waals surface area (Å²) < 4.78 is 6.67. The molecule has 0 N–H and O–H groups in total. The zero-order valence-corrected chi connectivity index (χ0v) is 15.7. The van der Waals surface area contributed by atoms with Crippen LogP contribution in [0, 0.1) is 0 Å². The molecule has 25 heavy (non-hydrogen) atoms. The van der Waals surface area contributed by atoms with E-state index in [1.807, 2.05) is 4.90 Å². The molecule has 2 aromatic rings. The van der Waals surface area contributed by atoms with Crippen LogP contribution in [0.25, 0.3) is 0 Å². The molecular formula is C18H22ClN3O2S. The lowest BCUT2D eigenvalue weighted by atomic mass is 9.89. The smallest absolute Gasteiger partial charge is 0.263 e. The number of likely N-dealkylation sites (tertiary alicyclic amines) is 1. The van der Waals surface area contributed by atoms with E-state index in [4.69, 9.17) is 16.0 Å². The molecule has 0 aromatic carbocycles. The van der Waals surface area contributed by atoms with Crippen LogP contribution < -0.4 is 0 Å². The number of hydrogen-bond donors (Lipinski definition) is 0. The molecule has 5 nitrogen and oxygen atoms in total. The number of aromatic nitrogens is 2.